The Morgan fingerprint density at radius 3 is 2.40 bits per heavy atom. The third kappa shape index (κ3) is 4.61. The summed E-state index contributed by atoms with van der Waals surface area (Å²) >= 11 is 0. The van der Waals surface area contributed by atoms with E-state index in [9.17, 15) is 8.42 Å². The van der Waals surface area contributed by atoms with Crippen LogP contribution in [0.2, 0.25) is 0 Å². The molecule has 0 aliphatic rings. The third-order valence-electron chi connectivity index (χ3n) is 3.57. The molecule has 116 valence electrons. The van der Waals surface area contributed by atoms with Gasteiger partial charge in [0.2, 0.25) is 5.09 Å². The number of sulfonamides is 1. The van der Waals surface area contributed by atoms with Crippen molar-refractivity contribution in [2.24, 2.45) is 0 Å². The lowest BCUT2D eigenvalue weighted by Gasteiger charge is -2.27. The molecule has 1 aromatic heterocycles. The quantitative estimate of drug-likeness (QED) is 0.688. The minimum atomic E-state index is -3.60. The number of hydrogen-bond acceptors (Lipinski definition) is 4. The molecule has 0 saturated heterocycles. The Morgan fingerprint density at radius 2 is 1.85 bits per heavy atom. The standard InChI is InChI=1S/C14H26N2O3S/c1-5-10-15-11-12-8-9-13(19-12)20(17,18)16-14(4,6-2)7-3/h8-9,15-16H,5-7,10-11H2,1-4H3. The Morgan fingerprint density at radius 1 is 1.20 bits per heavy atom. The molecule has 0 unspecified atom stereocenters. The van der Waals surface area contributed by atoms with E-state index in [1.54, 1.807) is 6.07 Å². The van der Waals surface area contributed by atoms with Crippen LogP contribution in [0.3, 0.4) is 0 Å². The van der Waals surface area contributed by atoms with Crippen LogP contribution in [0.1, 0.15) is 52.7 Å². The van der Waals surface area contributed by atoms with E-state index < -0.39 is 15.6 Å². The van der Waals surface area contributed by atoms with E-state index in [-0.39, 0.29) is 5.09 Å². The molecule has 0 atom stereocenters. The van der Waals surface area contributed by atoms with Gasteiger partial charge in [0.1, 0.15) is 5.76 Å². The maximum absolute atomic E-state index is 12.3. The lowest BCUT2D eigenvalue weighted by molar-refractivity contribution is 0.366. The summed E-state index contributed by atoms with van der Waals surface area (Å²) in [7, 11) is -3.60. The minimum Gasteiger partial charge on any atom is -0.447 e. The van der Waals surface area contributed by atoms with Gasteiger partial charge >= 0.3 is 0 Å². The largest absolute Gasteiger partial charge is 0.447 e. The summed E-state index contributed by atoms with van der Waals surface area (Å²) in [6.45, 7) is 9.33. The highest BCUT2D eigenvalue weighted by atomic mass is 32.2. The van der Waals surface area contributed by atoms with Crippen LogP contribution in [-0.4, -0.2) is 20.5 Å². The van der Waals surface area contributed by atoms with Crippen molar-refractivity contribution in [3.63, 3.8) is 0 Å². The molecule has 0 amide bonds. The summed E-state index contributed by atoms with van der Waals surface area (Å²) in [5, 5.41) is 3.16. The maximum atomic E-state index is 12.3. The van der Waals surface area contributed by atoms with Gasteiger partial charge in [-0.2, -0.15) is 0 Å². The van der Waals surface area contributed by atoms with Crippen molar-refractivity contribution >= 4 is 10.0 Å². The zero-order chi connectivity index (χ0) is 15.2. The van der Waals surface area contributed by atoms with Crippen molar-refractivity contribution in [2.75, 3.05) is 6.54 Å². The van der Waals surface area contributed by atoms with Crippen LogP contribution in [0, 0.1) is 0 Å². The molecule has 1 rings (SSSR count). The molecule has 0 radical (unpaired) electrons. The lowest BCUT2D eigenvalue weighted by atomic mass is 9.98. The summed E-state index contributed by atoms with van der Waals surface area (Å²) in [6.07, 6.45) is 2.49. The highest BCUT2D eigenvalue weighted by molar-refractivity contribution is 7.89. The number of rotatable bonds is 9. The highest BCUT2D eigenvalue weighted by Gasteiger charge is 2.29. The number of furan rings is 1. The predicted molar refractivity (Wildman–Crippen MR) is 80.0 cm³/mol. The van der Waals surface area contributed by atoms with Gasteiger partial charge in [-0.15, -0.1) is 0 Å². The van der Waals surface area contributed by atoms with Crippen LogP contribution in [0.25, 0.3) is 0 Å². The van der Waals surface area contributed by atoms with Crippen molar-refractivity contribution in [3.05, 3.63) is 17.9 Å². The zero-order valence-corrected chi connectivity index (χ0v) is 13.6. The van der Waals surface area contributed by atoms with Crippen molar-refractivity contribution in [1.82, 2.24) is 10.0 Å². The highest BCUT2D eigenvalue weighted by Crippen LogP contribution is 2.20. The van der Waals surface area contributed by atoms with Crippen molar-refractivity contribution < 1.29 is 12.8 Å². The second kappa shape index (κ2) is 7.24. The van der Waals surface area contributed by atoms with Crippen molar-refractivity contribution in [3.8, 4) is 0 Å². The first-order valence-electron chi connectivity index (χ1n) is 7.20. The Labute approximate surface area is 122 Å². The fraction of sp³-hybridized carbons (Fsp3) is 0.714. The van der Waals surface area contributed by atoms with Crippen LogP contribution < -0.4 is 10.0 Å². The Balaban J connectivity index is 2.78. The van der Waals surface area contributed by atoms with Gasteiger partial charge in [0, 0.05) is 5.54 Å². The molecule has 0 aliphatic heterocycles. The average molecular weight is 302 g/mol. The third-order valence-corrected chi connectivity index (χ3v) is 5.08. The van der Waals surface area contributed by atoms with Crippen LogP contribution in [0.5, 0.6) is 0 Å². The van der Waals surface area contributed by atoms with E-state index in [1.165, 1.54) is 6.07 Å². The SMILES string of the molecule is CCCNCc1ccc(S(=O)(=O)NC(C)(CC)CC)o1. The van der Waals surface area contributed by atoms with Gasteiger partial charge < -0.3 is 9.73 Å². The molecule has 20 heavy (non-hydrogen) atoms. The molecule has 6 heteroatoms. The predicted octanol–water partition coefficient (Wildman–Crippen LogP) is 2.64. The lowest BCUT2D eigenvalue weighted by Crippen LogP contribution is -2.44. The summed E-state index contributed by atoms with van der Waals surface area (Å²) in [6, 6.07) is 3.21. The first kappa shape index (κ1) is 17.2. The Hall–Kier alpha value is -0.850. The summed E-state index contributed by atoms with van der Waals surface area (Å²) < 4.78 is 32.7. The molecular formula is C14H26N2O3S. The summed E-state index contributed by atoms with van der Waals surface area (Å²) in [5.74, 6) is 0.633. The van der Waals surface area contributed by atoms with Crippen molar-refractivity contribution in [2.45, 2.75) is 64.1 Å². The molecule has 0 aromatic carbocycles. The van der Waals surface area contributed by atoms with Crippen LogP contribution in [-0.2, 0) is 16.6 Å². The molecule has 2 N–H and O–H groups in total. The van der Waals surface area contributed by atoms with E-state index in [2.05, 4.69) is 17.0 Å². The molecule has 0 aliphatic carbocycles. The zero-order valence-electron chi connectivity index (χ0n) is 12.8. The van der Waals surface area contributed by atoms with Gasteiger partial charge in [-0.25, -0.2) is 13.1 Å². The molecule has 0 fully saturated rings. The van der Waals surface area contributed by atoms with E-state index >= 15 is 0 Å². The second-order valence-corrected chi connectivity index (χ2v) is 6.88. The van der Waals surface area contributed by atoms with Crippen LogP contribution in [0.4, 0.5) is 0 Å². The average Bonchev–Trinajstić information content (AvgIpc) is 2.88. The molecule has 0 saturated carbocycles. The fourth-order valence-electron chi connectivity index (χ4n) is 1.76. The van der Waals surface area contributed by atoms with E-state index in [0.29, 0.717) is 12.3 Å². The Bertz CT molecular complexity index is 504. The minimum absolute atomic E-state index is 0.0149. The van der Waals surface area contributed by atoms with Gasteiger partial charge in [-0.05, 0) is 44.9 Å². The van der Waals surface area contributed by atoms with E-state index in [4.69, 9.17) is 4.42 Å². The Kier molecular flexibility index (Phi) is 6.23. The fourth-order valence-corrected chi connectivity index (χ4v) is 3.26. The van der Waals surface area contributed by atoms with E-state index in [0.717, 1.165) is 25.8 Å². The smallest absolute Gasteiger partial charge is 0.274 e. The molecule has 1 heterocycles. The van der Waals surface area contributed by atoms with Gasteiger partial charge in [0.15, 0.2) is 0 Å². The normalized spacial score (nSPS) is 12.8. The van der Waals surface area contributed by atoms with Gasteiger partial charge in [-0.1, -0.05) is 20.8 Å². The molecule has 0 bridgehead atoms. The summed E-state index contributed by atoms with van der Waals surface area (Å²) in [5.41, 5.74) is -0.438. The number of nitrogens with one attached hydrogen (secondary N) is 2. The van der Waals surface area contributed by atoms with Crippen molar-refractivity contribution in [1.29, 1.82) is 0 Å². The monoisotopic (exact) mass is 302 g/mol. The van der Waals surface area contributed by atoms with Crippen LogP contribution >= 0.6 is 0 Å². The molecule has 0 spiro atoms. The first-order chi connectivity index (χ1) is 9.37. The molecule has 5 nitrogen and oxygen atoms in total. The van der Waals surface area contributed by atoms with Gasteiger partial charge in [0.25, 0.3) is 10.0 Å². The molecular weight excluding hydrogens is 276 g/mol. The van der Waals surface area contributed by atoms with Gasteiger partial charge in [0.05, 0.1) is 6.54 Å². The number of hydrogen-bond donors (Lipinski definition) is 2. The topological polar surface area (TPSA) is 71.3 Å². The maximum Gasteiger partial charge on any atom is 0.274 e. The second-order valence-electron chi connectivity index (χ2n) is 5.27. The van der Waals surface area contributed by atoms with Gasteiger partial charge in [-0.3, -0.25) is 0 Å². The molecule has 1 aromatic rings. The van der Waals surface area contributed by atoms with Crippen LogP contribution in [0.15, 0.2) is 21.6 Å². The summed E-state index contributed by atoms with van der Waals surface area (Å²) in [4.78, 5) is 0. The first-order valence-corrected chi connectivity index (χ1v) is 8.68. The van der Waals surface area contributed by atoms with E-state index in [1.807, 2.05) is 20.8 Å².